The summed E-state index contributed by atoms with van der Waals surface area (Å²) in [5, 5.41) is 2.35. The average molecular weight is 689 g/mol. The lowest BCUT2D eigenvalue weighted by molar-refractivity contribution is 0.714. The molecule has 0 N–H and O–H groups in total. The van der Waals surface area contributed by atoms with Crippen LogP contribution in [0.15, 0.2) is 200 Å². The van der Waals surface area contributed by atoms with E-state index in [1.165, 1.54) is 55.5 Å². The van der Waals surface area contributed by atoms with E-state index in [-0.39, 0.29) is 5.41 Å². The zero-order valence-electron chi connectivity index (χ0n) is 29.9. The molecule has 0 saturated carbocycles. The van der Waals surface area contributed by atoms with Gasteiger partial charge in [0.2, 0.25) is 0 Å². The normalized spacial score (nSPS) is 14.5. The first kappa shape index (κ1) is 31.8. The first-order valence-electron chi connectivity index (χ1n) is 18.6. The fourth-order valence-electron chi connectivity index (χ4n) is 8.43. The molecule has 8 aromatic carbocycles. The standard InChI is InChI=1S/C52H36N2/c1-52(40-19-9-4-10-20-40)47-24-14-13-23-44(47)45-30-29-39(33-48(45)52)35-25-27-36(28-26-35)41-31-32-46(43-22-12-11-21-42(41)43)50-34-49(37-15-5-2-6-16-37)53-51(54-50)38-17-7-3-8-18-38/h2-34H,1H3. The lowest BCUT2D eigenvalue weighted by Gasteiger charge is -2.28. The summed E-state index contributed by atoms with van der Waals surface area (Å²) in [7, 11) is 0. The van der Waals surface area contributed by atoms with Gasteiger partial charge in [-0.2, -0.15) is 0 Å². The largest absolute Gasteiger partial charge is 0.228 e. The molecule has 1 aliphatic carbocycles. The molecule has 0 fully saturated rings. The lowest BCUT2D eigenvalue weighted by Crippen LogP contribution is -2.22. The molecule has 10 rings (SSSR count). The van der Waals surface area contributed by atoms with Crippen molar-refractivity contribution in [1.29, 1.82) is 0 Å². The van der Waals surface area contributed by atoms with Crippen LogP contribution in [0.25, 0.3) is 78.1 Å². The van der Waals surface area contributed by atoms with Crippen molar-refractivity contribution in [3.8, 4) is 67.3 Å². The predicted molar refractivity (Wildman–Crippen MR) is 224 cm³/mol. The number of rotatable bonds is 6. The highest BCUT2D eigenvalue weighted by Gasteiger charge is 2.40. The van der Waals surface area contributed by atoms with Crippen LogP contribution in [0.3, 0.4) is 0 Å². The number of fused-ring (bicyclic) bond motifs is 4. The molecule has 0 radical (unpaired) electrons. The third-order valence-electron chi connectivity index (χ3n) is 11.2. The summed E-state index contributed by atoms with van der Waals surface area (Å²) in [4.78, 5) is 10.2. The van der Waals surface area contributed by atoms with Gasteiger partial charge in [0.05, 0.1) is 11.4 Å². The Bertz CT molecular complexity index is 2750. The van der Waals surface area contributed by atoms with Gasteiger partial charge in [-0.25, -0.2) is 9.97 Å². The fourth-order valence-corrected chi connectivity index (χ4v) is 8.43. The number of nitrogens with zero attached hydrogens (tertiary/aromatic N) is 2. The summed E-state index contributed by atoms with van der Waals surface area (Å²) in [5.41, 5.74) is 16.2. The first-order valence-corrected chi connectivity index (χ1v) is 18.6. The van der Waals surface area contributed by atoms with Crippen molar-refractivity contribution < 1.29 is 0 Å². The van der Waals surface area contributed by atoms with Crippen LogP contribution in [0, 0.1) is 0 Å². The molecule has 9 aromatic rings. The van der Waals surface area contributed by atoms with Crippen molar-refractivity contribution in [2.75, 3.05) is 0 Å². The number of hydrogen-bond acceptors (Lipinski definition) is 2. The van der Waals surface area contributed by atoms with Gasteiger partial charge in [0.1, 0.15) is 0 Å². The first-order chi connectivity index (χ1) is 26.6. The van der Waals surface area contributed by atoms with Crippen LogP contribution >= 0.6 is 0 Å². The van der Waals surface area contributed by atoms with Crippen LogP contribution in [0.4, 0.5) is 0 Å². The molecule has 1 aromatic heterocycles. The van der Waals surface area contributed by atoms with Gasteiger partial charge in [0.25, 0.3) is 0 Å². The van der Waals surface area contributed by atoms with Crippen LogP contribution in [-0.4, -0.2) is 9.97 Å². The van der Waals surface area contributed by atoms with Crippen LogP contribution < -0.4 is 0 Å². The Balaban J connectivity index is 1.04. The summed E-state index contributed by atoms with van der Waals surface area (Å²) in [6.07, 6.45) is 0. The van der Waals surface area contributed by atoms with Gasteiger partial charge in [0.15, 0.2) is 5.82 Å². The second-order valence-corrected chi connectivity index (χ2v) is 14.3. The van der Waals surface area contributed by atoms with E-state index in [1.54, 1.807) is 0 Å². The van der Waals surface area contributed by atoms with Crippen molar-refractivity contribution in [2.45, 2.75) is 12.3 Å². The van der Waals surface area contributed by atoms with Gasteiger partial charge in [-0.05, 0) is 79.9 Å². The van der Waals surface area contributed by atoms with E-state index in [9.17, 15) is 0 Å². The van der Waals surface area contributed by atoms with Crippen molar-refractivity contribution in [3.05, 3.63) is 217 Å². The van der Waals surface area contributed by atoms with E-state index in [0.29, 0.717) is 0 Å². The van der Waals surface area contributed by atoms with Crippen LogP contribution in [0.1, 0.15) is 23.6 Å². The predicted octanol–water partition coefficient (Wildman–Crippen LogP) is 13.3. The summed E-state index contributed by atoms with van der Waals surface area (Å²) in [6, 6.07) is 71.7. The van der Waals surface area contributed by atoms with Crippen LogP contribution in [-0.2, 0) is 5.41 Å². The second-order valence-electron chi connectivity index (χ2n) is 14.3. The third kappa shape index (κ3) is 5.26. The van der Waals surface area contributed by atoms with Gasteiger partial charge in [0, 0.05) is 22.1 Å². The van der Waals surface area contributed by atoms with Crippen molar-refractivity contribution in [2.24, 2.45) is 0 Å². The van der Waals surface area contributed by atoms with E-state index in [0.717, 1.165) is 39.3 Å². The zero-order valence-corrected chi connectivity index (χ0v) is 29.9. The molecule has 1 aliphatic rings. The highest BCUT2D eigenvalue weighted by atomic mass is 14.9. The second kappa shape index (κ2) is 12.9. The molecule has 0 amide bonds. The maximum atomic E-state index is 5.15. The Morgan fingerprint density at radius 3 is 1.59 bits per heavy atom. The molecule has 2 heteroatoms. The molecular formula is C52H36N2. The smallest absolute Gasteiger partial charge is 0.160 e. The third-order valence-corrected chi connectivity index (χ3v) is 11.2. The molecular weight excluding hydrogens is 653 g/mol. The van der Waals surface area contributed by atoms with E-state index in [4.69, 9.17) is 9.97 Å². The molecule has 0 bridgehead atoms. The monoisotopic (exact) mass is 688 g/mol. The van der Waals surface area contributed by atoms with Crippen molar-refractivity contribution in [3.63, 3.8) is 0 Å². The quantitative estimate of drug-likeness (QED) is 0.174. The van der Waals surface area contributed by atoms with Gasteiger partial charge in [-0.3, -0.25) is 0 Å². The van der Waals surface area contributed by atoms with Crippen molar-refractivity contribution >= 4 is 10.8 Å². The lowest BCUT2D eigenvalue weighted by atomic mass is 9.74. The van der Waals surface area contributed by atoms with Gasteiger partial charge in [-0.15, -0.1) is 0 Å². The fraction of sp³-hybridized carbons (Fsp3) is 0.0385. The Labute approximate surface area is 316 Å². The van der Waals surface area contributed by atoms with E-state index in [2.05, 4.69) is 183 Å². The Hall–Kier alpha value is -6.90. The topological polar surface area (TPSA) is 25.8 Å². The van der Waals surface area contributed by atoms with Gasteiger partial charge >= 0.3 is 0 Å². The highest BCUT2D eigenvalue weighted by Crippen LogP contribution is 2.53. The molecule has 254 valence electrons. The molecule has 0 saturated heterocycles. The molecule has 1 atom stereocenters. The molecule has 1 unspecified atom stereocenters. The maximum Gasteiger partial charge on any atom is 0.160 e. The maximum absolute atomic E-state index is 5.15. The SMILES string of the molecule is CC1(c2ccccc2)c2ccccc2-c2ccc(-c3ccc(-c4ccc(-c5cc(-c6ccccc6)nc(-c6ccccc6)n5)c5ccccc45)cc3)cc21. The van der Waals surface area contributed by atoms with E-state index < -0.39 is 0 Å². The molecule has 1 heterocycles. The zero-order chi connectivity index (χ0) is 36.1. The highest BCUT2D eigenvalue weighted by molar-refractivity contribution is 6.05. The van der Waals surface area contributed by atoms with Gasteiger partial charge in [-0.1, -0.05) is 188 Å². The summed E-state index contributed by atoms with van der Waals surface area (Å²) >= 11 is 0. The summed E-state index contributed by atoms with van der Waals surface area (Å²) in [6.45, 7) is 2.38. The summed E-state index contributed by atoms with van der Waals surface area (Å²) in [5.74, 6) is 0.718. The Morgan fingerprint density at radius 1 is 0.333 bits per heavy atom. The number of aromatic nitrogens is 2. The minimum Gasteiger partial charge on any atom is -0.228 e. The molecule has 0 spiro atoms. The van der Waals surface area contributed by atoms with E-state index in [1.807, 2.05) is 24.3 Å². The van der Waals surface area contributed by atoms with Crippen LogP contribution in [0.5, 0.6) is 0 Å². The average Bonchev–Trinajstić information content (AvgIpc) is 3.52. The summed E-state index contributed by atoms with van der Waals surface area (Å²) < 4.78 is 0. The minimum atomic E-state index is -0.225. The number of benzene rings is 8. The molecule has 0 aliphatic heterocycles. The molecule has 2 nitrogen and oxygen atoms in total. The molecule has 54 heavy (non-hydrogen) atoms. The van der Waals surface area contributed by atoms with Crippen LogP contribution in [0.2, 0.25) is 0 Å². The van der Waals surface area contributed by atoms with E-state index >= 15 is 0 Å². The van der Waals surface area contributed by atoms with Gasteiger partial charge < -0.3 is 0 Å². The van der Waals surface area contributed by atoms with Crippen molar-refractivity contribution in [1.82, 2.24) is 9.97 Å². The Kier molecular flexibility index (Phi) is 7.63. The number of hydrogen-bond donors (Lipinski definition) is 0. The Morgan fingerprint density at radius 2 is 0.852 bits per heavy atom. The minimum absolute atomic E-state index is 0.225.